The van der Waals surface area contributed by atoms with Crippen LogP contribution in [0.4, 0.5) is 11.4 Å². The van der Waals surface area contributed by atoms with E-state index in [1.54, 1.807) is 0 Å². The Kier molecular flexibility index (Phi) is 5.47. The fourth-order valence-electron chi connectivity index (χ4n) is 4.47. The summed E-state index contributed by atoms with van der Waals surface area (Å²) in [6.45, 7) is 2.86. The molecule has 1 amide bonds. The zero-order valence-electron chi connectivity index (χ0n) is 18.2. The summed E-state index contributed by atoms with van der Waals surface area (Å²) in [6, 6.07) is 37.1. The van der Waals surface area contributed by atoms with Crippen molar-refractivity contribution in [2.75, 3.05) is 9.80 Å². The molecule has 0 radical (unpaired) electrons. The number of fused-ring (bicyclic) bond motifs is 1. The molecule has 0 saturated heterocycles. The van der Waals surface area contributed by atoms with Crippen molar-refractivity contribution < 1.29 is 4.79 Å². The topological polar surface area (TPSA) is 23.6 Å². The van der Waals surface area contributed by atoms with Gasteiger partial charge in [-0.05, 0) is 47.4 Å². The van der Waals surface area contributed by atoms with Crippen LogP contribution in [0.15, 0.2) is 109 Å². The number of rotatable bonds is 5. The van der Waals surface area contributed by atoms with Crippen molar-refractivity contribution in [1.82, 2.24) is 0 Å². The standard InChI is InChI=1S/C29H26N2O/c1-2-22-17-19-24(20-18-22)28-30(21-23-11-5-3-6-12-23)27-16-10-9-15-26(27)29(32)31(28)25-13-7-4-8-14-25/h3-20,28H,2,21H2,1H3/t28-/m1/s1. The highest BCUT2D eigenvalue weighted by atomic mass is 16.2. The number of hydrogen-bond acceptors (Lipinski definition) is 2. The maximum absolute atomic E-state index is 13.8. The Hall–Kier alpha value is -3.85. The lowest BCUT2D eigenvalue weighted by Crippen LogP contribution is -2.49. The van der Waals surface area contributed by atoms with E-state index >= 15 is 0 Å². The van der Waals surface area contributed by atoms with Gasteiger partial charge in [-0.15, -0.1) is 0 Å². The lowest BCUT2D eigenvalue weighted by molar-refractivity contribution is 0.0968. The third-order valence-electron chi connectivity index (χ3n) is 6.12. The van der Waals surface area contributed by atoms with E-state index in [1.165, 1.54) is 11.1 Å². The van der Waals surface area contributed by atoms with Crippen LogP contribution in [0.25, 0.3) is 0 Å². The first-order valence-corrected chi connectivity index (χ1v) is 11.1. The first-order chi connectivity index (χ1) is 15.8. The van der Waals surface area contributed by atoms with Gasteiger partial charge in [-0.1, -0.05) is 91.9 Å². The average Bonchev–Trinajstić information content (AvgIpc) is 2.87. The van der Waals surface area contributed by atoms with Gasteiger partial charge in [-0.3, -0.25) is 9.69 Å². The summed E-state index contributed by atoms with van der Waals surface area (Å²) in [4.78, 5) is 18.1. The number of amides is 1. The quantitative estimate of drug-likeness (QED) is 0.364. The number of carbonyl (C=O) groups excluding carboxylic acids is 1. The van der Waals surface area contributed by atoms with Crippen molar-refractivity contribution >= 4 is 17.3 Å². The molecular formula is C29H26N2O. The molecule has 0 aliphatic carbocycles. The number of anilines is 2. The molecule has 3 nitrogen and oxygen atoms in total. The number of benzene rings is 4. The molecule has 1 aliphatic rings. The molecule has 0 N–H and O–H groups in total. The third-order valence-corrected chi connectivity index (χ3v) is 6.12. The van der Waals surface area contributed by atoms with E-state index < -0.39 is 0 Å². The maximum atomic E-state index is 13.8. The Morgan fingerprint density at radius 3 is 2.00 bits per heavy atom. The minimum absolute atomic E-state index is 0.0284. The fraction of sp³-hybridized carbons (Fsp3) is 0.138. The Balaban J connectivity index is 1.71. The molecule has 0 saturated carbocycles. The molecule has 0 spiro atoms. The maximum Gasteiger partial charge on any atom is 0.262 e. The average molecular weight is 419 g/mol. The van der Waals surface area contributed by atoms with Crippen molar-refractivity contribution in [3.05, 3.63) is 131 Å². The minimum atomic E-state index is -0.245. The molecule has 3 heteroatoms. The molecule has 0 unspecified atom stereocenters. The molecule has 32 heavy (non-hydrogen) atoms. The van der Waals surface area contributed by atoms with Gasteiger partial charge < -0.3 is 4.90 Å². The van der Waals surface area contributed by atoms with E-state index in [4.69, 9.17) is 0 Å². The van der Waals surface area contributed by atoms with Crippen molar-refractivity contribution in [3.63, 3.8) is 0 Å². The highest BCUT2D eigenvalue weighted by Gasteiger charge is 2.39. The summed E-state index contributed by atoms with van der Waals surface area (Å²) in [6.07, 6.45) is 0.744. The van der Waals surface area contributed by atoms with Crippen LogP contribution in [0.5, 0.6) is 0 Å². The van der Waals surface area contributed by atoms with Crippen molar-refractivity contribution in [3.8, 4) is 0 Å². The smallest absolute Gasteiger partial charge is 0.262 e. The van der Waals surface area contributed by atoms with Crippen molar-refractivity contribution in [2.45, 2.75) is 26.1 Å². The fourth-order valence-corrected chi connectivity index (χ4v) is 4.47. The second kappa shape index (κ2) is 8.72. The Morgan fingerprint density at radius 1 is 0.688 bits per heavy atom. The Labute approximate surface area is 189 Å². The van der Waals surface area contributed by atoms with Crippen molar-refractivity contribution in [2.24, 2.45) is 0 Å². The van der Waals surface area contributed by atoms with E-state index in [9.17, 15) is 4.79 Å². The third kappa shape index (κ3) is 3.67. The lowest BCUT2D eigenvalue weighted by atomic mass is 9.98. The van der Waals surface area contributed by atoms with Crippen LogP contribution in [0.1, 0.15) is 40.1 Å². The first-order valence-electron chi connectivity index (χ1n) is 11.1. The summed E-state index contributed by atoms with van der Waals surface area (Å²) in [5.41, 5.74) is 6.20. The minimum Gasteiger partial charge on any atom is -0.342 e. The van der Waals surface area contributed by atoms with E-state index in [1.807, 2.05) is 59.5 Å². The van der Waals surface area contributed by atoms with Crippen molar-refractivity contribution in [1.29, 1.82) is 0 Å². The van der Waals surface area contributed by atoms with Crippen LogP contribution in [-0.2, 0) is 13.0 Å². The highest BCUT2D eigenvalue weighted by Crippen LogP contribution is 2.42. The second-order valence-electron chi connectivity index (χ2n) is 8.11. The predicted octanol–water partition coefficient (Wildman–Crippen LogP) is 6.61. The molecule has 0 bridgehead atoms. The van der Waals surface area contributed by atoms with E-state index in [0.717, 1.165) is 28.9 Å². The van der Waals surface area contributed by atoms with Crippen LogP contribution in [0.3, 0.4) is 0 Å². The summed E-state index contributed by atoms with van der Waals surface area (Å²) >= 11 is 0. The summed E-state index contributed by atoms with van der Waals surface area (Å²) in [5, 5.41) is 0. The zero-order valence-corrected chi connectivity index (χ0v) is 18.2. The molecular weight excluding hydrogens is 392 g/mol. The van der Waals surface area contributed by atoms with Gasteiger partial charge in [-0.2, -0.15) is 0 Å². The normalized spacial score (nSPS) is 15.5. The Bertz CT molecular complexity index is 1200. The molecule has 0 fully saturated rings. The van der Waals surface area contributed by atoms with Gasteiger partial charge in [0.15, 0.2) is 0 Å². The van der Waals surface area contributed by atoms with E-state index in [2.05, 4.69) is 66.4 Å². The molecule has 5 rings (SSSR count). The number of para-hydroxylation sites is 2. The number of nitrogens with zero attached hydrogens (tertiary/aromatic N) is 2. The zero-order chi connectivity index (χ0) is 21.9. The van der Waals surface area contributed by atoms with Gasteiger partial charge in [0.25, 0.3) is 5.91 Å². The van der Waals surface area contributed by atoms with Crippen LogP contribution >= 0.6 is 0 Å². The van der Waals surface area contributed by atoms with Gasteiger partial charge in [-0.25, -0.2) is 0 Å². The summed E-state index contributed by atoms with van der Waals surface area (Å²) < 4.78 is 0. The number of hydrogen-bond donors (Lipinski definition) is 0. The molecule has 0 aromatic heterocycles. The van der Waals surface area contributed by atoms with Gasteiger partial charge in [0.05, 0.1) is 11.3 Å². The molecule has 4 aromatic rings. The molecule has 158 valence electrons. The van der Waals surface area contributed by atoms with Crippen LogP contribution < -0.4 is 9.80 Å². The first kappa shape index (κ1) is 20.1. The van der Waals surface area contributed by atoms with Gasteiger partial charge in [0, 0.05) is 12.2 Å². The second-order valence-corrected chi connectivity index (χ2v) is 8.11. The monoisotopic (exact) mass is 418 g/mol. The SMILES string of the molecule is CCc1ccc([C@@H]2N(Cc3ccccc3)c3ccccc3C(=O)N2c2ccccc2)cc1. The largest absolute Gasteiger partial charge is 0.342 e. The van der Waals surface area contributed by atoms with Crippen LogP contribution in [0, 0.1) is 0 Å². The van der Waals surface area contributed by atoms with Gasteiger partial charge in [0.1, 0.15) is 6.17 Å². The van der Waals surface area contributed by atoms with Gasteiger partial charge in [0.2, 0.25) is 0 Å². The van der Waals surface area contributed by atoms with E-state index in [-0.39, 0.29) is 12.1 Å². The van der Waals surface area contributed by atoms with Crippen LogP contribution in [0.2, 0.25) is 0 Å². The molecule has 1 atom stereocenters. The van der Waals surface area contributed by atoms with Crippen LogP contribution in [-0.4, -0.2) is 5.91 Å². The molecule has 4 aromatic carbocycles. The number of aryl methyl sites for hydroxylation is 1. The predicted molar refractivity (Wildman–Crippen MR) is 131 cm³/mol. The number of carbonyl (C=O) groups is 1. The summed E-state index contributed by atoms with van der Waals surface area (Å²) in [7, 11) is 0. The highest BCUT2D eigenvalue weighted by molar-refractivity contribution is 6.12. The molecule has 1 aliphatic heterocycles. The Morgan fingerprint density at radius 2 is 1.31 bits per heavy atom. The van der Waals surface area contributed by atoms with Gasteiger partial charge >= 0.3 is 0 Å². The molecule has 1 heterocycles. The lowest BCUT2D eigenvalue weighted by Gasteiger charge is -2.46. The summed E-state index contributed by atoms with van der Waals surface area (Å²) in [5.74, 6) is 0.0284. The van der Waals surface area contributed by atoms with E-state index in [0.29, 0.717) is 6.54 Å².